The summed E-state index contributed by atoms with van der Waals surface area (Å²) in [7, 11) is 1.99. The van der Waals surface area contributed by atoms with Gasteiger partial charge in [-0.15, -0.1) is 11.3 Å². The first-order valence-electron chi connectivity index (χ1n) is 5.40. The Hall–Kier alpha value is -1.46. The quantitative estimate of drug-likeness (QED) is 0.902. The molecule has 4 nitrogen and oxygen atoms in total. The third-order valence-electron chi connectivity index (χ3n) is 2.75. The molecular formula is C12H15N3OS. The molecule has 0 aliphatic heterocycles. The lowest BCUT2D eigenvalue weighted by Crippen LogP contribution is -2.22. The van der Waals surface area contributed by atoms with Gasteiger partial charge in [-0.2, -0.15) is 0 Å². The predicted molar refractivity (Wildman–Crippen MR) is 69.1 cm³/mol. The van der Waals surface area contributed by atoms with E-state index < -0.39 is 0 Å². The number of aliphatic hydroxyl groups excluding tert-OH is 1. The van der Waals surface area contributed by atoms with Gasteiger partial charge in [0.25, 0.3) is 0 Å². The molecule has 0 fully saturated rings. The van der Waals surface area contributed by atoms with E-state index in [1.807, 2.05) is 13.1 Å². The van der Waals surface area contributed by atoms with Gasteiger partial charge < -0.3 is 10.0 Å². The lowest BCUT2D eigenvalue weighted by molar-refractivity contribution is 0.276. The first-order chi connectivity index (χ1) is 8.22. The Balaban J connectivity index is 2.16. The first-order valence-corrected chi connectivity index (χ1v) is 6.28. The summed E-state index contributed by atoms with van der Waals surface area (Å²) in [6, 6.07) is 4.43. The maximum absolute atomic E-state index is 8.91. The van der Waals surface area contributed by atoms with Crippen LogP contribution in [0.3, 0.4) is 0 Å². The number of hydrogen-bond acceptors (Lipinski definition) is 5. The van der Waals surface area contributed by atoms with Crippen molar-refractivity contribution in [3.8, 4) is 0 Å². The SMILES string of the molecule is CC(c1cccs1)N(C)c1cnc(CO)cn1. The van der Waals surface area contributed by atoms with Crippen molar-refractivity contribution < 1.29 is 5.11 Å². The summed E-state index contributed by atoms with van der Waals surface area (Å²) in [6.45, 7) is 2.06. The number of hydrogen-bond donors (Lipinski definition) is 1. The molecule has 0 aliphatic carbocycles. The standard InChI is InChI=1S/C12H15N3OS/c1-9(11-4-3-5-17-11)15(2)12-7-13-10(8-16)6-14-12/h3-7,9,16H,8H2,1-2H3. The summed E-state index contributed by atoms with van der Waals surface area (Å²) in [5, 5.41) is 11.0. The van der Waals surface area contributed by atoms with Crippen LogP contribution in [0, 0.1) is 0 Å². The van der Waals surface area contributed by atoms with E-state index in [4.69, 9.17) is 5.11 Å². The fourth-order valence-electron chi connectivity index (χ4n) is 1.53. The van der Waals surface area contributed by atoms with Gasteiger partial charge in [0.1, 0.15) is 5.82 Å². The summed E-state index contributed by atoms with van der Waals surface area (Å²) >= 11 is 1.73. The van der Waals surface area contributed by atoms with Crippen molar-refractivity contribution in [1.82, 2.24) is 9.97 Å². The van der Waals surface area contributed by atoms with E-state index in [0.717, 1.165) is 5.82 Å². The molecule has 1 atom stereocenters. The van der Waals surface area contributed by atoms with Gasteiger partial charge >= 0.3 is 0 Å². The van der Waals surface area contributed by atoms with Crippen LogP contribution in [0.5, 0.6) is 0 Å². The zero-order valence-corrected chi connectivity index (χ0v) is 10.7. The minimum absolute atomic E-state index is 0.0720. The second kappa shape index (κ2) is 5.25. The summed E-state index contributed by atoms with van der Waals surface area (Å²) in [6.07, 6.45) is 3.29. The molecule has 0 spiro atoms. The van der Waals surface area contributed by atoms with Gasteiger partial charge in [0.15, 0.2) is 0 Å². The number of aromatic nitrogens is 2. The summed E-state index contributed by atoms with van der Waals surface area (Å²) in [5.74, 6) is 0.808. The fraction of sp³-hybridized carbons (Fsp3) is 0.333. The zero-order valence-electron chi connectivity index (χ0n) is 9.87. The van der Waals surface area contributed by atoms with Crippen molar-refractivity contribution in [2.24, 2.45) is 0 Å². The van der Waals surface area contributed by atoms with Crippen molar-refractivity contribution in [3.05, 3.63) is 40.5 Å². The topological polar surface area (TPSA) is 49.2 Å². The van der Waals surface area contributed by atoms with Gasteiger partial charge in [-0.25, -0.2) is 4.98 Å². The molecule has 0 bridgehead atoms. The Kier molecular flexibility index (Phi) is 3.71. The van der Waals surface area contributed by atoms with Gasteiger partial charge in [0.2, 0.25) is 0 Å². The molecule has 90 valence electrons. The molecule has 0 amide bonds. The Bertz CT molecular complexity index is 455. The second-order valence-electron chi connectivity index (χ2n) is 3.83. The van der Waals surface area contributed by atoms with Gasteiger partial charge in [-0.3, -0.25) is 4.98 Å². The molecule has 5 heteroatoms. The Morgan fingerprint density at radius 2 is 2.24 bits per heavy atom. The molecule has 17 heavy (non-hydrogen) atoms. The van der Waals surface area contributed by atoms with Crippen molar-refractivity contribution in [2.45, 2.75) is 19.6 Å². The number of rotatable bonds is 4. The number of anilines is 1. The normalized spacial score (nSPS) is 12.4. The van der Waals surface area contributed by atoms with Crippen LogP contribution in [0.1, 0.15) is 23.5 Å². The van der Waals surface area contributed by atoms with E-state index in [9.17, 15) is 0 Å². The smallest absolute Gasteiger partial charge is 0.147 e. The molecule has 2 aromatic heterocycles. The highest BCUT2D eigenvalue weighted by Crippen LogP contribution is 2.26. The van der Waals surface area contributed by atoms with Crippen molar-refractivity contribution in [3.63, 3.8) is 0 Å². The minimum atomic E-state index is -0.0720. The molecule has 1 unspecified atom stereocenters. The molecule has 2 heterocycles. The minimum Gasteiger partial charge on any atom is -0.390 e. The second-order valence-corrected chi connectivity index (χ2v) is 4.81. The maximum atomic E-state index is 8.91. The Morgan fingerprint density at radius 3 is 2.76 bits per heavy atom. The zero-order chi connectivity index (χ0) is 12.3. The first kappa shape index (κ1) is 12.0. The monoisotopic (exact) mass is 249 g/mol. The average Bonchev–Trinajstić information content (AvgIpc) is 2.91. The van der Waals surface area contributed by atoms with Crippen LogP contribution in [0.15, 0.2) is 29.9 Å². The van der Waals surface area contributed by atoms with Crippen molar-refractivity contribution >= 4 is 17.2 Å². The average molecular weight is 249 g/mol. The molecule has 0 aromatic carbocycles. The number of thiophene rings is 1. The van der Waals surface area contributed by atoms with E-state index in [-0.39, 0.29) is 12.6 Å². The largest absolute Gasteiger partial charge is 0.390 e. The molecule has 0 saturated carbocycles. The van der Waals surface area contributed by atoms with E-state index in [0.29, 0.717) is 5.69 Å². The molecule has 0 saturated heterocycles. The number of nitrogens with zero attached hydrogens (tertiary/aromatic N) is 3. The summed E-state index contributed by atoms with van der Waals surface area (Å²) < 4.78 is 0. The van der Waals surface area contributed by atoms with Crippen LogP contribution in [-0.4, -0.2) is 22.1 Å². The summed E-state index contributed by atoms with van der Waals surface area (Å²) in [4.78, 5) is 11.8. The third kappa shape index (κ3) is 2.62. The highest BCUT2D eigenvalue weighted by molar-refractivity contribution is 7.10. The molecule has 1 N–H and O–H groups in total. The summed E-state index contributed by atoms with van der Waals surface area (Å²) in [5.41, 5.74) is 0.589. The van der Waals surface area contributed by atoms with E-state index in [1.54, 1.807) is 23.7 Å². The molecular weight excluding hydrogens is 234 g/mol. The molecule has 0 aliphatic rings. The van der Waals surface area contributed by atoms with Crippen LogP contribution >= 0.6 is 11.3 Å². The van der Waals surface area contributed by atoms with Crippen molar-refractivity contribution in [2.75, 3.05) is 11.9 Å². The van der Waals surface area contributed by atoms with Crippen LogP contribution < -0.4 is 4.90 Å². The van der Waals surface area contributed by atoms with Crippen LogP contribution in [0.2, 0.25) is 0 Å². The maximum Gasteiger partial charge on any atom is 0.147 e. The Labute approximate surface area is 105 Å². The highest BCUT2D eigenvalue weighted by atomic mass is 32.1. The van der Waals surface area contributed by atoms with Crippen LogP contribution in [0.4, 0.5) is 5.82 Å². The van der Waals surface area contributed by atoms with E-state index in [2.05, 4.69) is 33.2 Å². The number of aliphatic hydroxyl groups is 1. The lowest BCUT2D eigenvalue weighted by Gasteiger charge is -2.24. The van der Waals surface area contributed by atoms with Crippen molar-refractivity contribution in [1.29, 1.82) is 0 Å². The van der Waals surface area contributed by atoms with E-state index in [1.165, 1.54) is 4.88 Å². The Morgan fingerprint density at radius 1 is 1.41 bits per heavy atom. The van der Waals surface area contributed by atoms with Gasteiger partial charge in [-0.1, -0.05) is 6.07 Å². The molecule has 0 radical (unpaired) electrons. The van der Waals surface area contributed by atoms with Crippen LogP contribution in [0.25, 0.3) is 0 Å². The van der Waals surface area contributed by atoms with Gasteiger partial charge in [0.05, 0.1) is 30.7 Å². The molecule has 2 rings (SSSR count). The molecule has 2 aromatic rings. The van der Waals surface area contributed by atoms with Gasteiger partial charge in [-0.05, 0) is 18.4 Å². The van der Waals surface area contributed by atoms with E-state index >= 15 is 0 Å². The lowest BCUT2D eigenvalue weighted by atomic mass is 10.2. The fourth-order valence-corrected chi connectivity index (χ4v) is 2.36. The van der Waals surface area contributed by atoms with Gasteiger partial charge in [0, 0.05) is 11.9 Å². The highest BCUT2D eigenvalue weighted by Gasteiger charge is 2.14. The third-order valence-corrected chi connectivity index (χ3v) is 3.79. The van der Waals surface area contributed by atoms with Crippen LogP contribution in [-0.2, 0) is 6.61 Å². The predicted octanol–water partition coefficient (Wildman–Crippen LogP) is 2.23.